The number of benzene rings is 1. The maximum absolute atomic E-state index is 12.0. The Morgan fingerprint density at radius 1 is 1.25 bits per heavy atom. The fourth-order valence-corrected chi connectivity index (χ4v) is 3.91. The summed E-state index contributed by atoms with van der Waals surface area (Å²) < 4.78 is 4.96. The third-order valence-corrected chi connectivity index (χ3v) is 5.61. The molecule has 1 amide bonds. The molecule has 1 aliphatic rings. The minimum Gasteiger partial charge on any atom is -0.383 e. The van der Waals surface area contributed by atoms with Crippen molar-refractivity contribution in [3.63, 3.8) is 0 Å². The first-order valence-electron chi connectivity index (χ1n) is 10.9. The van der Waals surface area contributed by atoms with Gasteiger partial charge in [0.2, 0.25) is 5.91 Å². The second kappa shape index (κ2) is 13.9. The number of hydrogen-bond donors (Lipinski definition) is 3. The number of methoxy groups -OCH3 is 1. The van der Waals surface area contributed by atoms with Gasteiger partial charge < -0.3 is 25.3 Å². The van der Waals surface area contributed by atoms with Crippen LogP contribution >= 0.6 is 35.6 Å². The predicted molar refractivity (Wildman–Crippen MR) is 141 cm³/mol. The van der Waals surface area contributed by atoms with E-state index in [1.807, 2.05) is 24.4 Å². The first-order chi connectivity index (χ1) is 15.1. The predicted octanol–water partition coefficient (Wildman–Crippen LogP) is 2.33. The Labute approximate surface area is 212 Å². The van der Waals surface area contributed by atoms with E-state index < -0.39 is 0 Å². The van der Waals surface area contributed by atoms with E-state index in [1.54, 1.807) is 7.11 Å². The number of hydrogen-bond acceptors (Lipinski definition) is 4. The molecule has 1 fully saturated rings. The smallest absolute Gasteiger partial charge is 0.234 e. The van der Waals surface area contributed by atoms with Crippen molar-refractivity contribution in [3.8, 4) is 0 Å². The molecule has 1 saturated heterocycles. The Kier molecular flexibility index (Phi) is 11.6. The molecule has 178 valence electrons. The number of nitrogens with zero attached hydrogens (tertiary/aromatic N) is 3. The SMILES string of the molecule is CCNC(=NCCc1c[nH]c2ccc(Cl)cc12)N1CCN(CC(=O)NCCOC)CC1.I. The van der Waals surface area contributed by atoms with E-state index in [4.69, 9.17) is 21.3 Å². The van der Waals surface area contributed by atoms with Crippen LogP contribution in [0.1, 0.15) is 12.5 Å². The van der Waals surface area contributed by atoms with E-state index in [0.717, 1.165) is 61.0 Å². The summed E-state index contributed by atoms with van der Waals surface area (Å²) in [5.41, 5.74) is 2.32. The number of nitrogens with one attached hydrogen (secondary N) is 3. The van der Waals surface area contributed by atoms with E-state index in [1.165, 1.54) is 5.56 Å². The zero-order chi connectivity index (χ0) is 22.1. The molecule has 8 nitrogen and oxygen atoms in total. The van der Waals surface area contributed by atoms with Crippen molar-refractivity contribution < 1.29 is 9.53 Å². The zero-order valence-electron chi connectivity index (χ0n) is 18.8. The first-order valence-corrected chi connectivity index (χ1v) is 11.2. The van der Waals surface area contributed by atoms with Gasteiger partial charge in [0.25, 0.3) is 0 Å². The van der Waals surface area contributed by atoms with Crippen LogP contribution in [0.4, 0.5) is 0 Å². The summed E-state index contributed by atoms with van der Waals surface area (Å²) in [6.07, 6.45) is 2.89. The van der Waals surface area contributed by atoms with Crippen LogP contribution in [0.25, 0.3) is 10.9 Å². The number of carbonyl (C=O) groups excluding carboxylic acids is 1. The fourth-order valence-electron chi connectivity index (χ4n) is 3.73. The Morgan fingerprint density at radius 2 is 2.03 bits per heavy atom. The van der Waals surface area contributed by atoms with Crippen molar-refractivity contribution in [2.24, 2.45) is 4.99 Å². The van der Waals surface area contributed by atoms with Crippen molar-refractivity contribution in [2.45, 2.75) is 13.3 Å². The summed E-state index contributed by atoms with van der Waals surface area (Å²) in [6, 6.07) is 5.91. The Morgan fingerprint density at radius 3 is 2.75 bits per heavy atom. The lowest BCUT2D eigenvalue weighted by atomic mass is 10.1. The Balaban J connectivity index is 0.00000363. The molecule has 1 aliphatic heterocycles. The highest BCUT2D eigenvalue weighted by molar-refractivity contribution is 14.0. The van der Waals surface area contributed by atoms with Gasteiger partial charge in [0.15, 0.2) is 5.96 Å². The third kappa shape index (κ3) is 7.79. The lowest BCUT2D eigenvalue weighted by Crippen LogP contribution is -2.54. The van der Waals surface area contributed by atoms with Gasteiger partial charge in [-0.3, -0.25) is 14.7 Å². The number of aromatic amines is 1. The van der Waals surface area contributed by atoms with E-state index in [9.17, 15) is 4.79 Å². The molecule has 0 atom stereocenters. The maximum Gasteiger partial charge on any atom is 0.234 e. The fraction of sp³-hybridized carbons (Fsp3) is 0.545. The monoisotopic (exact) mass is 576 g/mol. The van der Waals surface area contributed by atoms with Gasteiger partial charge in [-0.05, 0) is 37.1 Å². The topological polar surface area (TPSA) is 85.0 Å². The number of guanidine groups is 1. The number of aromatic nitrogens is 1. The molecule has 3 rings (SSSR count). The van der Waals surface area contributed by atoms with Crippen molar-refractivity contribution >= 4 is 58.3 Å². The molecule has 0 saturated carbocycles. The van der Waals surface area contributed by atoms with E-state index in [-0.39, 0.29) is 29.9 Å². The largest absolute Gasteiger partial charge is 0.383 e. The van der Waals surface area contributed by atoms with Crippen LogP contribution in [0.2, 0.25) is 5.02 Å². The number of halogens is 2. The second-order valence-electron chi connectivity index (χ2n) is 7.60. The Bertz CT molecular complexity index is 882. The molecule has 1 aromatic heterocycles. The summed E-state index contributed by atoms with van der Waals surface area (Å²) >= 11 is 6.16. The van der Waals surface area contributed by atoms with Crippen molar-refractivity contribution in [1.29, 1.82) is 0 Å². The van der Waals surface area contributed by atoms with E-state index in [0.29, 0.717) is 26.2 Å². The first kappa shape index (κ1) is 26.7. The number of ether oxygens (including phenoxy) is 1. The van der Waals surface area contributed by atoms with Gasteiger partial charge in [0.05, 0.1) is 13.2 Å². The van der Waals surface area contributed by atoms with Gasteiger partial charge in [-0.25, -0.2) is 0 Å². The lowest BCUT2D eigenvalue weighted by molar-refractivity contribution is -0.122. The van der Waals surface area contributed by atoms with Crippen molar-refractivity contribution in [1.82, 2.24) is 25.4 Å². The molecule has 0 spiro atoms. The average molecular weight is 577 g/mol. The van der Waals surface area contributed by atoms with E-state index >= 15 is 0 Å². The lowest BCUT2D eigenvalue weighted by Gasteiger charge is -2.36. The van der Waals surface area contributed by atoms with Gasteiger partial charge in [0.1, 0.15) is 0 Å². The van der Waals surface area contributed by atoms with Crippen LogP contribution in [0.3, 0.4) is 0 Å². The van der Waals surface area contributed by atoms with Gasteiger partial charge in [0, 0.05) is 75.0 Å². The summed E-state index contributed by atoms with van der Waals surface area (Å²) in [4.78, 5) is 24.6. The molecule has 10 heteroatoms. The summed E-state index contributed by atoms with van der Waals surface area (Å²) in [7, 11) is 1.63. The van der Waals surface area contributed by atoms with E-state index in [2.05, 4.69) is 32.3 Å². The zero-order valence-corrected chi connectivity index (χ0v) is 21.9. The molecule has 0 aliphatic carbocycles. The highest BCUT2D eigenvalue weighted by atomic mass is 127. The standard InChI is InChI=1S/C22H33ClN6O2.HI/c1-3-24-22(26-7-6-17-15-27-20-5-4-18(23)14-19(17)20)29-11-9-28(10-12-29)16-21(30)25-8-13-31-2;/h4-5,14-15,27H,3,6-13,16H2,1-2H3,(H,24,26)(H,25,30);1H. The van der Waals surface area contributed by atoms with Crippen LogP contribution in [0.15, 0.2) is 29.4 Å². The highest BCUT2D eigenvalue weighted by Gasteiger charge is 2.21. The van der Waals surface area contributed by atoms with Gasteiger partial charge in [-0.1, -0.05) is 11.6 Å². The molecule has 0 unspecified atom stereocenters. The summed E-state index contributed by atoms with van der Waals surface area (Å²) in [6.45, 7) is 8.48. The van der Waals surface area contributed by atoms with Gasteiger partial charge in [-0.15, -0.1) is 24.0 Å². The Hall–Kier alpha value is -1.56. The molecule has 2 aromatic rings. The maximum atomic E-state index is 12.0. The molecular formula is C22H34ClIN6O2. The number of amides is 1. The van der Waals surface area contributed by atoms with Gasteiger partial charge >= 0.3 is 0 Å². The minimum atomic E-state index is 0. The molecular weight excluding hydrogens is 543 g/mol. The minimum absolute atomic E-state index is 0. The number of carbonyl (C=O) groups is 1. The van der Waals surface area contributed by atoms with Crippen molar-refractivity contribution in [3.05, 3.63) is 35.0 Å². The quantitative estimate of drug-likeness (QED) is 0.185. The number of piperazine rings is 1. The van der Waals surface area contributed by atoms with Gasteiger partial charge in [-0.2, -0.15) is 0 Å². The summed E-state index contributed by atoms with van der Waals surface area (Å²) in [5.74, 6) is 0.981. The molecule has 0 radical (unpaired) electrons. The number of H-pyrrole nitrogens is 1. The molecule has 3 N–H and O–H groups in total. The number of fused-ring (bicyclic) bond motifs is 1. The van der Waals surface area contributed by atoms with Crippen LogP contribution in [0, 0.1) is 0 Å². The van der Waals surface area contributed by atoms with Crippen LogP contribution in [0.5, 0.6) is 0 Å². The second-order valence-corrected chi connectivity index (χ2v) is 8.03. The highest BCUT2D eigenvalue weighted by Crippen LogP contribution is 2.22. The number of rotatable bonds is 9. The average Bonchev–Trinajstić information content (AvgIpc) is 3.16. The van der Waals surface area contributed by atoms with Crippen molar-refractivity contribution in [2.75, 3.05) is 66.1 Å². The summed E-state index contributed by atoms with van der Waals surface area (Å²) in [5, 5.41) is 8.18. The third-order valence-electron chi connectivity index (χ3n) is 5.37. The van der Waals surface area contributed by atoms with Crippen LogP contribution in [-0.2, 0) is 16.0 Å². The van der Waals surface area contributed by atoms with Crippen LogP contribution < -0.4 is 10.6 Å². The molecule has 32 heavy (non-hydrogen) atoms. The normalized spacial score (nSPS) is 15.0. The molecule has 2 heterocycles. The molecule has 1 aromatic carbocycles. The van der Waals surface area contributed by atoms with Crippen LogP contribution in [-0.4, -0.2) is 92.7 Å². The number of aliphatic imine (C=N–C) groups is 1. The molecule has 0 bridgehead atoms.